The number of amides is 1. The minimum atomic E-state index is -0.206. The van der Waals surface area contributed by atoms with Crippen LogP contribution >= 0.6 is 11.3 Å². The van der Waals surface area contributed by atoms with E-state index in [1.54, 1.807) is 43.5 Å². The zero-order valence-corrected chi connectivity index (χ0v) is 18.4. The van der Waals surface area contributed by atoms with Gasteiger partial charge >= 0.3 is 0 Å². The van der Waals surface area contributed by atoms with Gasteiger partial charge in [0.1, 0.15) is 5.75 Å². The van der Waals surface area contributed by atoms with E-state index in [1.807, 2.05) is 36.4 Å². The van der Waals surface area contributed by atoms with Gasteiger partial charge in [-0.1, -0.05) is 35.6 Å². The van der Waals surface area contributed by atoms with E-state index < -0.39 is 0 Å². The average molecular weight is 458 g/mol. The summed E-state index contributed by atoms with van der Waals surface area (Å²) in [6.45, 7) is 0.401. The number of carbonyl (C=O) groups is 1. The molecule has 164 valence electrons. The van der Waals surface area contributed by atoms with Crippen molar-refractivity contribution in [2.75, 3.05) is 12.4 Å². The number of fused-ring (bicyclic) bond motifs is 2. The molecule has 2 aromatic heterocycles. The molecule has 5 aromatic rings. The van der Waals surface area contributed by atoms with Gasteiger partial charge in [-0.25, -0.2) is 4.98 Å². The van der Waals surface area contributed by atoms with Gasteiger partial charge in [-0.05, 0) is 54.1 Å². The largest absolute Gasteiger partial charge is 0.497 e. The highest BCUT2D eigenvalue weighted by Gasteiger charge is 2.11. The number of carbonyl (C=O) groups excluding carboxylic acids is 1. The second-order valence-corrected chi connectivity index (χ2v) is 8.23. The van der Waals surface area contributed by atoms with Crippen LogP contribution in [0.25, 0.3) is 15.9 Å². The molecular weight excluding hydrogens is 438 g/mol. The van der Waals surface area contributed by atoms with Crippen LogP contribution in [0.5, 0.6) is 5.75 Å². The number of rotatable bonds is 6. The van der Waals surface area contributed by atoms with Crippen molar-refractivity contribution >= 4 is 43.9 Å². The molecule has 9 heteroatoms. The third-order valence-corrected chi connectivity index (χ3v) is 5.91. The molecule has 5 rings (SSSR count). The standard InChI is InChI=1S/C24H19N5O3S/c1-32-18-6-4-5-15(13-18)14-25-21(30)16-9-11-17(12-10-16)26-23-28-29-22(31)19-7-2-3-8-20(19)27-24(29)33-23/h2-13H,14H2,1H3,(H,25,30)(H,26,28). The van der Waals surface area contributed by atoms with Crippen LogP contribution in [-0.4, -0.2) is 27.6 Å². The summed E-state index contributed by atoms with van der Waals surface area (Å²) in [6.07, 6.45) is 0. The third kappa shape index (κ3) is 4.26. The Morgan fingerprint density at radius 3 is 2.70 bits per heavy atom. The molecular formula is C24H19N5O3S. The highest BCUT2D eigenvalue weighted by Crippen LogP contribution is 2.23. The zero-order valence-electron chi connectivity index (χ0n) is 17.6. The molecule has 0 aliphatic rings. The Balaban J connectivity index is 1.29. The minimum absolute atomic E-state index is 0.174. The maximum Gasteiger partial charge on any atom is 0.283 e. The van der Waals surface area contributed by atoms with Crippen molar-refractivity contribution in [2.45, 2.75) is 6.54 Å². The topological polar surface area (TPSA) is 97.6 Å². The van der Waals surface area contributed by atoms with Crippen molar-refractivity contribution in [3.63, 3.8) is 0 Å². The van der Waals surface area contributed by atoms with E-state index in [4.69, 9.17) is 4.74 Å². The van der Waals surface area contributed by atoms with Crippen LogP contribution in [0.3, 0.4) is 0 Å². The smallest absolute Gasteiger partial charge is 0.283 e. The van der Waals surface area contributed by atoms with E-state index in [1.165, 1.54) is 15.9 Å². The zero-order chi connectivity index (χ0) is 22.8. The van der Waals surface area contributed by atoms with Crippen LogP contribution in [0, 0.1) is 0 Å². The summed E-state index contributed by atoms with van der Waals surface area (Å²) in [5.41, 5.74) is 2.67. The maximum atomic E-state index is 12.7. The first-order chi connectivity index (χ1) is 16.1. The molecule has 0 saturated heterocycles. The normalized spacial score (nSPS) is 10.9. The average Bonchev–Trinajstić information content (AvgIpc) is 3.26. The molecule has 0 unspecified atom stereocenters. The molecule has 0 aliphatic heterocycles. The summed E-state index contributed by atoms with van der Waals surface area (Å²) in [7, 11) is 1.61. The molecule has 0 atom stereocenters. The second kappa shape index (κ2) is 8.71. The summed E-state index contributed by atoms with van der Waals surface area (Å²) in [4.78, 5) is 30.2. The highest BCUT2D eigenvalue weighted by molar-refractivity contribution is 7.20. The number of aromatic nitrogens is 3. The molecule has 0 bridgehead atoms. The van der Waals surface area contributed by atoms with Gasteiger partial charge in [0.15, 0.2) is 0 Å². The first-order valence-corrected chi connectivity index (χ1v) is 11.0. The lowest BCUT2D eigenvalue weighted by Gasteiger charge is -2.08. The third-order valence-electron chi connectivity index (χ3n) is 5.09. The second-order valence-electron chi connectivity index (χ2n) is 7.27. The van der Waals surface area contributed by atoms with Gasteiger partial charge in [-0.2, -0.15) is 4.52 Å². The number of ether oxygens (including phenoxy) is 1. The first kappa shape index (κ1) is 20.7. The number of nitrogens with one attached hydrogen (secondary N) is 2. The van der Waals surface area contributed by atoms with E-state index in [9.17, 15) is 9.59 Å². The molecule has 0 aliphatic carbocycles. The Labute approximate surface area is 192 Å². The molecule has 1 amide bonds. The van der Waals surface area contributed by atoms with Gasteiger partial charge in [-0.3, -0.25) is 9.59 Å². The maximum absolute atomic E-state index is 12.7. The van der Waals surface area contributed by atoms with Gasteiger partial charge in [0, 0.05) is 17.8 Å². The minimum Gasteiger partial charge on any atom is -0.497 e. The Morgan fingerprint density at radius 2 is 1.88 bits per heavy atom. The van der Waals surface area contributed by atoms with E-state index in [-0.39, 0.29) is 11.5 Å². The van der Waals surface area contributed by atoms with Crippen molar-refractivity contribution in [2.24, 2.45) is 0 Å². The van der Waals surface area contributed by atoms with Crippen molar-refractivity contribution in [3.05, 3.63) is 94.3 Å². The Morgan fingerprint density at radius 1 is 1.06 bits per heavy atom. The lowest BCUT2D eigenvalue weighted by Crippen LogP contribution is -2.22. The monoisotopic (exact) mass is 457 g/mol. The summed E-state index contributed by atoms with van der Waals surface area (Å²) in [5, 5.41) is 11.5. The Kier molecular flexibility index (Phi) is 5.45. The van der Waals surface area contributed by atoms with Crippen molar-refractivity contribution in [3.8, 4) is 5.75 Å². The molecule has 0 fully saturated rings. The molecule has 0 spiro atoms. The molecule has 2 heterocycles. The molecule has 2 N–H and O–H groups in total. The number of anilines is 2. The summed E-state index contributed by atoms with van der Waals surface area (Å²) >= 11 is 1.28. The summed E-state index contributed by atoms with van der Waals surface area (Å²) in [6, 6.07) is 21.8. The van der Waals surface area contributed by atoms with Crippen LogP contribution in [-0.2, 0) is 6.54 Å². The van der Waals surface area contributed by atoms with E-state index in [0.29, 0.717) is 33.1 Å². The number of methoxy groups -OCH3 is 1. The summed E-state index contributed by atoms with van der Waals surface area (Å²) in [5.74, 6) is 0.574. The fourth-order valence-electron chi connectivity index (χ4n) is 3.40. The lowest BCUT2D eigenvalue weighted by molar-refractivity contribution is 0.0951. The van der Waals surface area contributed by atoms with Gasteiger partial charge in [-0.15, -0.1) is 5.10 Å². The van der Waals surface area contributed by atoms with Gasteiger partial charge in [0.2, 0.25) is 10.1 Å². The molecule has 0 radical (unpaired) electrons. The fraction of sp³-hybridized carbons (Fsp3) is 0.0833. The molecule has 33 heavy (non-hydrogen) atoms. The Hall–Kier alpha value is -4.24. The van der Waals surface area contributed by atoms with Crippen molar-refractivity contribution in [1.82, 2.24) is 19.9 Å². The predicted octanol–water partition coefficient (Wildman–Crippen LogP) is 3.99. The van der Waals surface area contributed by atoms with Crippen LogP contribution in [0.15, 0.2) is 77.6 Å². The van der Waals surface area contributed by atoms with Crippen LogP contribution in [0.2, 0.25) is 0 Å². The number of nitrogens with zero attached hydrogens (tertiary/aromatic N) is 3. The van der Waals surface area contributed by atoms with Crippen LogP contribution in [0.4, 0.5) is 10.8 Å². The highest BCUT2D eigenvalue weighted by atomic mass is 32.1. The van der Waals surface area contributed by atoms with Gasteiger partial charge < -0.3 is 15.4 Å². The number of benzene rings is 3. The van der Waals surface area contributed by atoms with Gasteiger partial charge in [0.05, 0.1) is 18.0 Å². The number of hydrogen-bond donors (Lipinski definition) is 2. The van der Waals surface area contributed by atoms with Crippen molar-refractivity contribution in [1.29, 1.82) is 0 Å². The van der Waals surface area contributed by atoms with Crippen LogP contribution in [0.1, 0.15) is 15.9 Å². The molecule has 0 saturated carbocycles. The van der Waals surface area contributed by atoms with Gasteiger partial charge in [0.25, 0.3) is 11.5 Å². The fourth-order valence-corrected chi connectivity index (χ4v) is 4.22. The number of hydrogen-bond acceptors (Lipinski definition) is 7. The van der Waals surface area contributed by atoms with E-state index in [2.05, 4.69) is 20.7 Å². The number of para-hydroxylation sites is 1. The quantitative estimate of drug-likeness (QED) is 0.400. The van der Waals surface area contributed by atoms with Crippen LogP contribution < -0.4 is 20.9 Å². The SMILES string of the molecule is COc1cccc(CNC(=O)c2ccc(Nc3nn4c(=O)c5ccccc5nc4s3)cc2)c1. The van der Waals surface area contributed by atoms with E-state index in [0.717, 1.165) is 17.0 Å². The Bertz CT molecular complexity index is 1530. The predicted molar refractivity (Wildman–Crippen MR) is 129 cm³/mol. The first-order valence-electron chi connectivity index (χ1n) is 10.2. The van der Waals surface area contributed by atoms with Crippen molar-refractivity contribution < 1.29 is 9.53 Å². The summed E-state index contributed by atoms with van der Waals surface area (Å²) < 4.78 is 6.51. The molecule has 8 nitrogen and oxygen atoms in total. The molecule has 3 aromatic carbocycles. The van der Waals surface area contributed by atoms with E-state index >= 15 is 0 Å². The lowest BCUT2D eigenvalue weighted by atomic mass is 10.1.